The first-order valence-corrected chi connectivity index (χ1v) is 11.2. The highest BCUT2D eigenvalue weighted by Crippen LogP contribution is 2.55. The number of aliphatic carboxylic acids is 1. The molecule has 2 aliphatic heterocycles. The van der Waals surface area contributed by atoms with Gasteiger partial charge in [0.2, 0.25) is 0 Å². The van der Waals surface area contributed by atoms with Crippen LogP contribution >= 0.6 is 27.5 Å². The molecule has 1 saturated heterocycles. The minimum absolute atomic E-state index is 0.115. The van der Waals surface area contributed by atoms with Crippen LogP contribution in [-0.4, -0.2) is 36.5 Å². The third-order valence-corrected chi connectivity index (χ3v) is 6.73. The summed E-state index contributed by atoms with van der Waals surface area (Å²) in [5, 5.41) is 10.5. The second-order valence-corrected chi connectivity index (χ2v) is 9.73. The molecule has 2 aromatic rings. The van der Waals surface area contributed by atoms with Gasteiger partial charge < -0.3 is 24.1 Å². The molecule has 8 heteroatoms. The molecule has 0 amide bonds. The zero-order chi connectivity index (χ0) is 22.3. The lowest BCUT2D eigenvalue weighted by Crippen LogP contribution is -2.53. The summed E-state index contributed by atoms with van der Waals surface area (Å²) >= 11 is 9.45. The van der Waals surface area contributed by atoms with Gasteiger partial charge in [0, 0.05) is 21.0 Å². The topological polar surface area (TPSA) is 74.2 Å². The Labute approximate surface area is 194 Å². The van der Waals surface area contributed by atoms with Gasteiger partial charge in [0.25, 0.3) is 0 Å². The Morgan fingerprint density at radius 3 is 2.65 bits per heavy atom. The second-order valence-electron chi connectivity index (χ2n) is 8.38. The van der Waals surface area contributed by atoms with Gasteiger partial charge in [-0.15, -0.1) is 0 Å². The van der Waals surface area contributed by atoms with E-state index in [1.165, 1.54) is 0 Å². The Morgan fingerprint density at radius 1 is 1.29 bits per heavy atom. The van der Waals surface area contributed by atoms with Gasteiger partial charge in [-0.05, 0) is 56.7 Å². The third-order valence-electron chi connectivity index (χ3n) is 6.02. The lowest BCUT2D eigenvalue weighted by atomic mass is 9.72. The maximum absolute atomic E-state index is 12.1. The largest absolute Gasteiger partial charge is 0.493 e. The van der Waals surface area contributed by atoms with E-state index in [1.807, 2.05) is 26.0 Å². The molecule has 31 heavy (non-hydrogen) atoms. The minimum atomic E-state index is -0.906. The molecular weight excluding hydrogens is 488 g/mol. The van der Waals surface area contributed by atoms with Gasteiger partial charge >= 0.3 is 5.97 Å². The quantitative estimate of drug-likeness (QED) is 0.571. The van der Waals surface area contributed by atoms with E-state index < -0.39 is 23.6 Å². The van der Waals surface area contributed by atoms with Crippen molar-refractivity contribution in [1.29, 1.82) is 0 Å². The van der Waals surface area contributed by atoms with Crippen LogP contribution in [0, 0.1) is 11.8 Å². The van der Waals surface area contributed by atoms with Crippen molar-refractivity contribution in [1.82, 2.24) is 0 Å². The predicted octanol–water partition coefficient (Wildman–Crippen LogP) is 5.51. The van der Waals surface area contributed by atoms with Gasteiger partial charge in [-0.2, -0.15) is 0 Å². The molecule has 0 saturated carbocycles. The number of carbonyl (C=O) groups is 1. The van der Waals surface area contributed by atoms with Crippen LogP contribution in [0.25, 0.3) is 0 Å². The van der Waals surface area contributed by atoms with E-state index in [9.17, 15) is 9.90 Å². The van der Waals surface area contributed by atoms with Crippen LogP contribution in [0.15, 0.2) is 40.9 Å². The number of methoxy groups -OCH3 is 1. The van der Waals surface area contributed by atoms with Crippen molar-refractivity contribution < 1.29 is 28.8 Å². The van der Waals surface area contributed by atoms with Gasteiger partial charge in [-0.1, -0.05) is 27.5 Å². The molecule has 0 aliphatic carbocycles. The third kappa shape index (κ3) is 4.36. The van der Waals surface area contributed by atoms with Crippen LogP contribution in [-0.2, 0) is 9.53 Å². The molecule has 2 heterocycles. The molecule has 4 rings (SSSR count). The molecule has 0 aromatic heterocycles. The highest BCUT2D eigenvalue weighted by atomic mass is 79.9. The zero-order valence-corrected chi connectivity index (χ0v) is 19.8. The lowest BCUT2D eigenvalue weighted by molar-refractivity contribution is -0.192. The van der Waals surface area contributed by atoms with Gasteiger partial charge in [-0.3, -0.25) is 4.79 Å². The van der Waals surface area contributed by atoms with E-state index in [0.717, 1.165) is 10.0 Å². The summed E-state index contributed by atoms with van der Waals surface area (Å²) in [5.41, 5.74) is 0.213. The first-order chi connectivity index (χ1) is 14.7. The van der Waals surface area contributed by atoms with Crippen molar-refractivity contribution >= 4 is 33.5 Å². The predicted molar refractivity (Wildman–Crippen MR) is 119 cm³/mol. The average molecular weight is 512 g/mol. The van der Waals surface area contributed by atoms with Crippen LogP contribution in [0.3, 0.4) is 0 Å². The number of benzene rings is 2. The van der Waals surface area contributed by atoms with E-state index in [-0.39, 0.29) is 18.6 Å². The smallest absolute Gasteiger partial charge is 0.309 e. The lowest BCUT2D eigenvalue weighted by Gasteiger charge is -2.50. The zero-order valence-electron chi connectivity index (χ0n) is 17.4. The highest BCUT2D eigenvalue weighted by Gasteiger charge is 2.53. The van der Waals surface area contributed by atoms with Gasteiger partial charge in [-0.25, -0.2) is 0 Å². The summed E-state index contributed by atoms with van der Waals surface area (Å²) in [7, 11) is 1.59. The molecule has 1 fully saturated rings. The molecule has 0 bridgehead atoms. The summed E-state index contributed by atoms with van der Waals surface area (Å²) < 4.78 is 25.0. The van der Waals surface area contributed by atoms with Crippen LogP contribution in [0.1, 0.15) is 31.9 Å². The Bertz CT molecular complexity index is 977. The fourth-order valence-electron chi connectivity index (χ4n) is 4.39. The van der Waals surface area contributed by atoms with E-state index in [2.05, 4.69) is 15.9 Å². The summed E-state index contributed by atoms with van der Waals surface area (Å²) in [6.07, 6.45) is -0.559. The van der Waals surface area contributed by atoms with Crippen LogP contribution in [0.2, 0.25) is 5.02 Å². The molecule has 0 spiro atoms. The standard InChI is InChI=1S/C23H24BrClO6/c1-23(2)17-10-15(22(26)27)19(11-29-14-6-4-13(25)5-7-14)30-20(17)16-8-12(24)9-18(28-3)21(16)31-23/h4-9,15,17,19-20H,10-11H2,1-3H3,(H,26,27)/t15-,17+,19+,20-/m1/s1. The first kappa shape index (κ1) is 22.2. The maximum Gasteiger partial charge on any atom is 0.309 e. The first-order valence-electron chi connectivity index (χ1n) is 10.0. The molecule has 0 unspecified atom stereocenters. The highest BCUT2D eigenvalue weighted by molar-refractivity contribution is 9.10. The van der Waals surface area contributed by atoms with Crippen molar-refractivity contribution in [3.05, 3.63) is 51.5 Å². The number of fused-ring (bicyclic) bond motifs is 3. The fraction of sp³-hybridized carbons (Fsp3) is 0.435. The summed E-state index contributed by atoms with van der Waals surface area (Å²) in [5.74, 6) is 0.0730. The van der Waals surface area contributed by atoms with Crippen molar-refractivity contribution in [2.24, 2.45) is 11.8 Å². The van der Waals surface area contributed by atoms with Crippen molar-refractivity contribution in [2.45, 2.75) is 38.1 Å². The molecule has 1 N–H and O–H groups in total. The molecule has 2 aromatic carbocycles. The number of ether oxygens (including phenoxy) is 4. The second kappa shape index (κ2) is 8.52. The Hall–Kier alpha value is -1.96. The van der Waals surface area contributed by atoms with E-state index in [1.54, 1.807) is 31.4 Å². The molecule has 2 aliphatic rings. The number of halogens is 2. The van der Waals surface area contributed by atoms with Gasteiger partial charge in [0.1, 0.15) is 24.1 Å². The SMILES string of the molecule is COc1cc(Br)cc2c1OC(C)(C)[C@H]1C[C@@H](C(=O)O)[C@H](COc3ccc(Cl)cc3)O[C@H]21. The minimum Gasteiger partial charge on any atom is -0.493 e. The van der Waals surface area contributed by atoms with Gasteiger partial charge in [0.05, 0.1) is 19.1 Å². The van der Waals surface area contributed by atoms with E-state index >= 15 is 0 Å². The Morgan fingerprint density at radius 2 is 2.00 bits per heavy atom. The van der Waals surface area contributed by atoms with Crippen molar-refractivity contribution in [2.75, 3.05) is 13.7 Å². The van der Waals surface area contributed by atoms with Crippen LogP contribution in [0.4, 0.5) is 0 Å². The summed E-state index contributed by atoms with van der Waals surface area (Å²) in [6.45, 7) is 4.04. The molecule has 4 atom stereocenters. The molecule has 166 valence electrons. The maximum atomic E-state index is 12.1. The van der Waals surface area contributed by atoms with Crippen molar-refractivity contribution in [3.8, 4) is 17.2 Å². The molecular formula is C23H24BrClO6. The summed E-state index contributed by atoms with van der Waals surface area (Å²) in [4.78, 5) is 12.1. The number of rotatable bonds is 5. The number of hydrogen-bond acceptors (Lipinski definition) is 5. The molecule has 6 nitrogen and oxygen atoms in total. The monoisotopic (exact) mass is 510 g/mol. The fourth-order valence-corrected chi connectivity index (χ4v) is 4.97. The average Bonchev–Trinajstić information content (AvgIpc) is 2.72. The van der Waals surface area contributed by atoms with Crippen LogP contribution in [0.5, 0.6) is 17.2 Å². The molecule has 0 radical (unpaired) electrons. The van der Waals surface area contributed by atoms with Gasteiger partial charge in [0.15, 0.2) is 11.5 Å². The number of carboxylic acids is 1. The number of hydrogen-bond donors (Lipinski definition) is 1. The Balaban J connectivity index is 1.66. The van der Waals surface area contributed by atoms with Crippen molar-refractivity contribution in [3.63, 3.8) is 0 Å². The van der Waals surface area contributed by atoms with Crippen LogP contribution < -0.4 is 14.2 Å². The number of carboxylic acid groups (broad SMARTS) is 1. The Kier molecular flexibility index (Phi) is 6.12. The normalized spacial score (nSPS) is 26.2. The van der Waals surface area contributed by atoms with E-state index in [0.29, 0.717) is 28.7 Å². The van der Waals surface area contributed by atoms with E-state index in [4.69, 9.17) is 30.5 Å². The summed E-state index contributed by atoms with van der Waals surface area (Å²) in [6, 6.07) is 10.7.